The summed E-state index contributed by atoms with van der Waals surface area (Å²) in [5.41, 5.74) is 2.91. The van der Waals surface area contributed by atoms with E-state index in [1.54, 1.807) is 0 Å². The number of hydrogen-bond donors (Lipinski definition) is 1. The van der Waals surface area contributed by atoms with E-state index < -0.39 is 6.10 Å². The number of aliphatic hydroxyl groups is 1. The van der Waals surface area contributed by atoms with E-state index in [0.717, 1.165) is 28.2 Å². The van der Waals surface area contributed by atoms with E-state index >= 15 is 0 Å². The van der Waals surface area contributed by atoms with Crippen LogP contribution in [-0.4, -0.2) is 21.3 Å². The Balaban J connectivity index is 1.80. The summed E-state index contributed by atoms with van der Waals surface area (Å²) in [6, 6.07) is 15.6. The zero-order valence-corrected chi connectivity index (χ0v) is 12.9. The maximum absolute atomic E-state index is 10.5. The number of hydrogen-bond acceptors (Lipinski definition) is 3. The van der Waals surface area contributed by atoms with Gasteiger partial charge in [-0.2, -0.15) is 0 Å². The average molecular weight is 296 g/mol. The standard InChI is InChI=1S/C18H20N2O2/c1-3-22-14-10-8-13(9-11-14)17(21)12-18-19-15-6-4-5-7-16(15)20(18)2/h4-11,17,21H,3,12H2,1-2H3/t17-/m1/s1. The molecule has 3 rings (SSSR count). The van der Waals surface area contributed by atoms with Gasteiger partial charge >= 0.3 is 0 Å². The van der Waals surface area contributed by atoms with E-state index in [2.05, 4.69) is 4.98 Å². The molecule has 0 aliphatic rings. The summed E-state index contributed by atoms with van der Waals surface area (Å²) in [5.74, 6) is 1.70. The van der Waals surface area contributed by atoms with Crippen LogP contribution >= 0.6 is 0 Å². The number of fused-ring (bicyclic) bond motifs is 1. The number of imidazole rings is 1. The molecule has 0 amide bonds. The van der Waals surface area contributed by atoms with Crippen LogP contribution in [0, 0.1) is 0 Å². The molecule has 0 aliphatic heterocycles. The van der Waals surface area contributed by atoms with Crippen LogP contribution in [0.5, 0.6) is 5.75 Å². The van der Waals surface area contributed by atoms with Crippen LogP contribution in [-0.2, 0) is 13.5 Å². The van der Waals surface area contributed by atoms with Crippen molar-refractivity contribution in [3.05, 3.63) is 59.9 Å². The van der Waals surface area contributed by atoms with Crippen LogP contribution in [0.15, 0.2) is 48.5 Å². The predicted octanol–water partition coefficient (Wildman–Crippen LogP) is 3.25. The van der Waals surface area contributed by atoms with Crippen LogP contribution in [0.1, 0.15) is 24.4 Å². The van der Waals surface area contributed by atoms with Gasteiger partial charge in [0.05, 0.1) is 23.7 Å². The maximum Gasteiger partial charge on any atom is 0.119 e. The first kappa shape index (κ1) is 14.6. The number of aromatic nitrogens is 2. The molecule has 0 radical (unpaired) electrons. The average Bonchev–Trinajstić information content (AvgIpc) is 2.85. The first-order chi connectivity index (χ1) is 10.7. The third kappa shape index (κ3) is 2.83. The number of nitrogens with zero attached hydrogens (tertiary/aromatic N) is 2. The number of aliphatic hydroxyl groups excluding tert-OH is 1. The summed E-state index contributed by atoms with van der Waals surface area (Å²) < 4.78 is 7.45. The maximum atomic E-state index is 10.5. The second-order valence-corrected chi connectivity index (χ2v) is 5.30. The van der Waals surface area contributed by atoms with Crippen LogP contribution in [0.4, 0.5) is 0 Å². The second kappa shape index (κ2) is 6.20. The smallest absolute Gasteiger partial charge is 0.119 e. The molecule has 22 heavy (non-hydrogen) atoms. The summed E-state index contributed by atoms with van der Waals surface area (Å²) >= 11 is 0. The predicted molar refractivity (Wildman–Crippen MR) is 87.0 cm³/mol. The quantitative estimate of drug-likeness (QED) is 0.786. The molecule has 1 atom stereocenters. The Morgan fingerprint density at radius 3 is 2.55 bits per heavy atom. The molecule has 114 valence electrons. The van der Waals surface area contributed by atoms with Gasteiger partial charge in [-0.15, -0.1) is 0 Å². The molecule has 0 fully saturated rings. The fourth-order valence-electron chi connectivity index (χ4n) is 2.62. The fraction of sp³-hybridized carbons (Fsp3) is 0.278. The third-order valence-corrected chi connectivity index (χ3v) is 3.83. The minimum Gasteiger partial charge on any atom is -0.494 e. The van der Waals surface area contributed by atoms with Gasteiger partial charge in [-0.25, -0.2) is 4.98 Å². The van der Waals surface area contributed by atoms with Gasteiger partial charge in [0.2, 0.25) is 0 Å². The molecule has 2 aromatic carbocycles. The Morgan fingerprint density at radius 2 is 1.86 bits per heavy atom. The molecule has 0 bridgehead atoms. The molecule has 4 heteroatoms. The first-order valence-corrected chi connectivity index (χ1v) is 7.50. The largest absolute Gasteiger partial charge is 0.494 e. The molecule has 0 unspecified atom stereocenters. The van der Waals surface area contributed by atoms with Gasteiger partial charge in [-0.1, -0.05) is 24.3 Å². The van der Waals surface area contributed by atoms with Crippen LogP contribution < -0.4 is 4.74 Å². The minimum absolute atomic E-state index is 0.485. The van der Waals surface area contributed by atoms with Gasteiger partial charge in [-0.05, 0) is 36.8 Å². The number of para-hydroxylation sites is 2. The lowest BCUT2D eigenvalue weighted by molar-refractivity contribution is 0.175. The monoisotopic (exact) mass is 296 g/mol. The lowest BCUT2D eigenvalue weighted by Crippen LogP contribution is -2.07. The normalized spacial score (nSPS) is 12.5. The molecular formula is C18H20N2O2. The molecule has 0 aliphatic carbocycles. The Morgan fingerprint density at radius 1 is 1.14 bits per heavy atom. The van der Waals surface area contributed by atoms with E-state index in [0.29, 0.717) is 13.0 Å². The third-order valence-electron chi connectivity index (χ3n) is 3.83. The van der Waals surface area contributed by atoms with Gasteiger partial charge in [-0.3, -0.25) is 0 Å². The van der Waals surface area contributed by atoms with Crippen LogP contribution in [0.3, 0.4) is 0 Å². The van der Waals surface area contributed by atoms with Crippen molar-refractivity contribution in [3.63, 3.8) is 0 Å². The highest BCUT2D eigenvalue weighted by atomic mass is 16.5. The van der Waals surface area contributed by atoms with Gasteiger partial charge in [0.25, 0.3) is 0 Å². The topological polar surface area (TPSA) is 47.3 Å². The molecule has 4 nitrogen and oxygen atoms in total. The van der Waals surface area contributed by atoms with E-state index in [1.807, 2.05) is 67.1 Å². The van der Waals surface area contributed by atoms with Crippen molar-refractivity contribution in [2.75, 3.05) is 6.61 Å². The molecule has 1 heterocycles. The van der Waals surface area contributed by atoms with E-state index in [4.69, 9.17) is 4.74 Å². The van der Waals surface area contributed by atoms with Crippen molar-refractivity contribution in [3.8, 4) is 5.75 Å². The van der Waals surface area contributed by atoms with Crippen molar-refractivity contribution >= 4 is 11.0 Å². The zero-order valence-electron chi connectivity index (χ0n) is 12.9. The SMILES string of the molecule is CCOc1ccc([C@H](O)Cc2nc3ccccc3n2C)cc1. The summed E-state index contributed by atoms with van der Waals surface area (Å²) in [5, 5.41) is 10.5. The summed E-state index contributed by atoms with van der Waals surface area (Å²) in [4.78, 5) is 4.60. The van der Waals surface area contributed by atoms with Crippen LogP contribution in [0.2, 0.25) is 0 Å². The fourth-order valence-corrected chi connectivity index (χ4v) is 2.62. The van der Waals surface area contributed by atoms with Gasteiger partial charge < -0.3 is 14.4 Å². The number of aryl methyl sites for hydroxylation is 1. The number of benzene rings is 2. The molecule has 0 saturated carbocycles. The minimum atomic E-state index is -0.578. The Labute approximate surface area is 130 Å². The summed E-state index contributed by atoms with van der Waals surface area (Å²) in [6.45, 7) is 2.59. The molecule has 0 saturated heterocycles. The number of rotatable bonds is 5. The lowest BCUT2D eigenvalue weighted by atomic mass is 10.1. The lowest BCUT2D eigenvalue weighted by Gasteiger charge is -2.12. The Kier molecular flexibility index (Phi) is 4.11. The van der Waals surface area contributed by atoms with Crippen molar-refractivity contribution in [1.29, 1.82) is 0 Å². The van der Waals surface area contributed by atoms with E-state index in [-0.39, 0.29) is 0 Å². The second-order valence-electron chi connectivity index (χ2n) is 5.30. The van der Waals surface area contributed by atoms with E-state index in [1.165, 1.54) is 0 Å². The van der Waals surface area contributed by atoms with Crippen molar-refractivity contribution in [2.45, 2.75) is 19.4 Å². The molecular weight excluding hydrogens is 276 g/mol. The molecule has 3 aromatic rings. The van der Waals surface area contributed by atoms with E-state index in [9.17, 15) is 5.11 Å². The molecule has 1 aromatic heterocycles. The zero-order chi connectivity index (χ0) is 15.5. The molecule has 0 spiro atoms. The van der Waals surface area contributed by atoms with Crippen LogP contribution in [0.25, 0.3) is 11.0 Å². The van der Waals surface area contributed by atoms with Crippen molar-refractivity contribution < 1.29 is 9.84 Å². The summed E-state index contributed by atoms with van der Waals surface area (Å²) in [7, 11) is 1.98. The highest BCUT2D eigenvalue weighted by Gasteiger charge is 2.14. The highest BCUT2D eigenvalue weighted by Crippen LogP contribution is 2.23. The van der Waals surface area contributed by atoms with Crippen molar-refractivity contribution in [2.24, 2.45) is 7.05 Å². The van der Waals surface area contributed by atoms with Crippen molar-refractivity contribution in [1.82, 2.24) is 9.55 Å². The molecule has 1 N–H and O–H groups in total. The van der Waals surface area contributed by atoms with Gasteiger partial charge in [0.15, 0.2) is 0 Å². The Bertz CT molecular complexity index is 762. The van der Waals surface area contributed by atoms with Gasteiger partial charge in [0.1, 0.15) is 11.6 Å². The number of ether oxygens (including phenoxy) is 1. The highest BCUT2D eigenvalue weighted by molar-refractivity contribution is 5.75. The van der Waals surface area contributed by atoms with Gasteiger partial charge in [0, 0.05) is 13.5 Å². The first-order valence-electron chi connectivity index (χ1n) is 7.50. The Hall–Kier alpha value is -2.33. The summed E-state index contributed by atoms with van der Waals surface area (Å²) in [6.07, 6.45) is -0.0923.